The van der Waals surface area contributed by atoms with E-state index in [2.05, 4.69) is 0 Å². The molecule has 1 unspecified atom stereocenters. The summed E-state index contributed by atoms with van der Waals surface area (Å²) in [7, 11) is -4.12. The van der Waals surface area contributed by atoms with Gasteiger partial charge in [-0.15, -0.1) is 0 Å². The van der Waals surface area contributed by atoms with Gasteiger partial charge in [-0.05, 0) is 25.7 Å². The van der Waals surface area contributed by atoms with Crippen molar-refractivity contribution in [2.75, 3.05) is 0 Å². The molecular formula is C8H17NO3S. The molecule has 1 aliphatic rings. The second-order valence-electron chi connectivity index (χ2n) is 3.99. The summed E-state index contributed by atoms with van der Waals surface area (Å²) < 4.78 is 30.9. The van der Waals surface area contributed by atoms with Gasteiger partial charge in [0.05, 0.1) is 0 Å². The number of nitrogens with two attached hydrogens (primary N) is 1. The lowest BCUT2D eigenvalue weighted by molar-refractivity contribution is 0.269. The van der Waals surface area contributed by atoms with Crippen LogP contribution in [-0.4, -0.2) is 17.8 Å². The minimum atomic E-state index is -4.12. The molecule has 78 valence electrons. The van der Waals surface area contributed by atoms with Crippen LogP contribution in [0.15, 0.2) is 0 Å². The molecular weight excluding hydrogens is 190 g/mol. The van der Waals surface area contributed by atoms with Gasteiger partial charge in [0.25, 0.3) is 10.1 Å². The normalized spacial score (nSPS) is 25.5. The molecule has 0 aromatic rings. The zero-order valence-corrected chi connectivity index (χ0v) is 8.68. The molecule has 0 spiro atoms. The van der Waals surface area contributed by atoms with Gasteiger partial charge in [0.15, 0.2) is 0 Å². The highest BCUT2D eigenvalue weighted by Crippen LogP contribution is 2.33. The Morgan fingerprint density at radius 3 is 2.15 bits per heavy atom. The second kappa shape index (κ2) is 3.55. The molecule has 5 heteroatoms. The molecule has 1 fully saturated rings. The summed E-state index contributed by atoms with van der Waals surface area (Å²) >= 11 is 0. The molecule has 13 heavy (non-hydrogen) atoms. The van der Waals surface area contributed by atoms with Crippen LogP contribution in [0.5, 0.6) is 0 Å². The highest BCUT2D eigenvalue weighted by atomic mass is 32.2. The molecule has 0 heterocycles. The number of rotatable bonds is 2. The summed E-state index contributed by atoms with van der Waals surface area (Å²) in [6.45, 7) is 1.40. The first-order valence-electron chi connectivity index (χ1n) is 4.61. The Bertz CT molecular complexity index is 265. The summed E-state index contributed by atoms with van der Waals surface area (Å²) in [5.74, 6) is -0.101. The third kappa shape index (κ3) is 2.21. The summed E-state index contributed by atoms with van der Waals surface area (Å²) in [4.78, 5) is -1.46. The Morgan fingerprint density at radius 1 is 1.31 bits per heavy atom. The lowest BCUT2D eigenvalue weighted by Gasteiger charge is -2.33. The lowest BCUT2D eigenvalue weighted by atomic mass is 9.84. The Kier molecular flexibility index (Phi) is 2.99. The first-order chi connectivity index (χ1) is 5.86. The summed E-state index contributed by atoms with van der Waals surface area (Å²) in [6, 6.07) is 0. The van der Waals surface area contributed by atoms with E-state index in [-0.39, 0.29) is 5.92 Å². The van der Waals surface area contributed by atoms with Crippen LogP contribution in [0.25, 0.3) is 0 Å². The molecule has 1 saturated carbocycles. The molecule has 4 nitrogen and oxygen atoms in total. The van der Waals surface area contributed by atoms with E-state index >= 15 is 0 Å². The Hall–Kier alpha value is -0.130. The van der Waals surface area contributed by atoms with Gasteiger partial charge in [-0.3, -0.25) is 4.55 Å². The number of hydrogen-bond donors (Lipinski definition) is 2. The Balaban J connectivity index is 2.79. The van der Waals surface area contributed by atoms with Crippen molar-refractivity contribution in [3.63, 3.8) is 0 Å². The SMILES string of the molecule is CC(N)(C1CCCCC1)S(=O)(=O)O. The van der Waals surface area contributed by atoms with Gasteiger partial charge in [-0.1, -0.05) is 19.3 Å². The molecule has 0 saturated heterocycles. The fourth-order valence-electron chi connectivity index (χ4n) is 1.89. The zero-order valence-electron chi connectivity index (χ0n) is 7.86. The quantitative estimate of drug-likeness (QED) is 0.665. The van der Waals surface area contributed by atoms with E-state index in [4.69, 9.17) is 10.3 Å². The van der Waals surface area contributed by atoms with Crippen LogP contribution in [0.1, 0.15) is 39.0 Å². The molecule has 1 aliphatic carbocycles. The van der Waals surface area contributed by atoms with Gasteiger partial charge in [-0.2, -0.15) is 8.42 Å². The van der Waals surface area contributed by atoms with Crippen LogP contribution < -0.4 is 5.73 Å². The van der Waals surface area contributed by atoms with Gasteiger partial charge in [-0.25, -0.2) is 0 Å². The van der Waals surface area contributed by atoms with Crippen molar-refractivity contribution in [2.45, 2.75) is 43.9 Å². The second-order valence-corrected chi connectivity index (χ2v) is 5.82. The average Bonchev–Trinajstić information content (AvgIpc) is 2.04. The average molecular weight is 207 g/mol. The summed E-state index contributed by atoms with van der Waals surface area (Å²) in [5.41, 5.74) is 5.63. The van der Waals surface area contributed by atoms with Crippen LogP contribution >= 0.6 is 0 Å². The van der Waals surface area contributed by atoms with E-state index < -0.39 is 15.0 Å². The lowest BCUT2D eigenvalue weighted by Crippen LogP contribution is -2.51. The van der Waals surface area contributed by atoms with Crippen LogP contribution in [0.3, 0.4) is 0 Å². The van der Waals surface area contributed by atoms with Crippen LogP contribution in [0, 0.1) is 5.92 Å². The van der Waals surface area contributed by atoms with E-state index in [1.165, 1.54) is 6.92 Å². The third-order valence-corrected chi connectivity index (χ3v) is 4.42. The predicted molar refractivity (Wildman–Crippen MR) is 50.7 cm³/mol. The van der Waals surface area contributed by atoms with Crippen molar-refractivity contribution in [1.29, 1.82) is 0 Å². The van der Waals surface area contributed by atoms with Gasteiger partial charge in [0.2, 0.25) is 0 Å². The maximum Gasteiger partial charge on any atom is 0.283 e. The molecule has 1 atom stereocenters. The van der Waals surface area contributed by atoms with Gasteiger partial charge in [0, 0.05) is 0 Å². The molecule has 0 aromatic carbocycles. The molecule has 0 aromatic heterocycles. The van der Waals surface area contributed by atoms with E-state index in [0.29, 0.717) is 0 Å². The fourth-order valence-corrected chi connectivity index (χ4v) is 2.54. The summed E-state index contributed by atoms with van der Waals surface area (Å²) in [5, 5.41) is 0. The van der Waals surface area contributed by atoms with Crippen molar-refractivity contribution in [2.24, 2.45) is 11.7 Å². The van der Waals surface area contributed by atoms with Crippen molar-refractivity contribution in [3.8, 4) is 0 Å². The molecule has 3 N–H and O–H groups in total. The van der Waals surface area contributed by atoms with Crippen LogP contribution in [0.4, 0.5) is 0 Å². The van der Waals surface area contributed by atoms with Gasteiger partial charge in [0.1, 0.15) is 4.87 Å². The Morgan fingerprint density at radius 2 is 1.77 bits per heavy atom. The maximum absolute atomic E-state index is 11.0. The van der Waals surface area contributed by atoms with E-state index in [0.717, 1.165) is 32.1 Å². The minimum absolute atomic E-state index is 0.101. The van der Waals surface area contributed by atoms with E-state index in [1.807, 2.05) is 0 Å². The molecule has 0 aliphatic heterocycles. The molecule has 1 rings (SSSR count). The third-order valence-electron chi connectivity index (χ3n) is 2.97. The largest absolute Gasteiger partial charge is 0.311 e. The standard InChI is InChI=1S/C8H17NO3S/c1-8(9,13(10,11)12)7-5-3-2-4-6-7/h7H,2-6,9H2,1H3,(H,10,11,12). The monoisotopic (exact) mass is 207 g/mol. The van der Waals surface area contributed by atoms with Crippen molar-refractivity contribution < 1.29 is 13.0 Å². The smallest absolute Gasteiger partial charge is 0.283 e. The van der Waals surface area contributed by atoms with Crippen molar-refractivity contribution in [3.05, 3.63) is 0 Å². The van der Waals surface area contributed by atoms with E-state index in [9.17, 15) is 8.42 Å². The van der Waals surface area contributed by atoms with Crippen molar-refractivity contribution in [1.82, 2.24) is 0 Å². The van der Waals surface area contributed by atoms with Crippen molar-refractivity contribution >= 4 is 10.1 Å². The Labute approximate surface area is 79.3 Å². The molecule has 0 amide bonds. The minimum Gasteiger partial charge on any atom is -0.311 e. The van der Waals surface area contributed by atoms with Gasteiger partial charge >= 0.3 is 0 Å². The van der Waals surface area contributed by atoms with Crippen LogP contribution in [0.2, 0.25) is 0 Å². The first kappa shape index (κ1) is 10.9. The highest BCUT2D eigenvalue weighted by molar-refractivity contribution is 7.87. The highest BCUT2D eigenvalue weighted by Gasteiger charge is 2.41. The van der Waals surface area contributed by atoms with Gasteiger partial charge < -0.3 is 5.73 Å². The predicted octanol–water partition coefficient (Wildman–Crippen LogP) is 1.13. The summed E-state index contributed by atoms with van der Waals surface area (Å²) in [6.07, 6.45) is 4.75. The fraction of sp³-hybridized carbons (Fsp3) is 1.00. The molecule has 0 radical (unpaired) electrons. The number of hydrogen-bond acceptors (Lipinski definition) is 3. The molecule has 0 bridgehead atoms. The van der Waals surface area contributed by atoms with Crippen LogP contribution in [-0.2, 0) is 10.1 Å². The van der Waals surface area contributed by atoms with E-state index in [1.54, 1.807) is 0 Å². The first-order valence-corrected chi connectivity index (χ1v) is 6.05. The topological polar surface area (TPSA) is 80.4 Å². The maximum atomic E-state index is 11.0. The zero-order chi connectivity index (χ0) is 10.1.